The number of hydrogen-bond acceptors (Lipinski definition) is 3. The Kier molecular flexibility index (Phi) is 3.66. The first kappa shape index (κ1) is 13.9. The van der Waals surface area contributed by atoms with Gasteiger partial charge in [-0.3, -0.25) is 10.4 Å². The first-order chi connectivity index (χ1) is 10.8. The molecule has 3 aliphatic carbocycles. The largest absolute Gasteiger partial charge is 0.358 e. The number of nitrogens with one attached hydrogen (secondary N) is 2. The number of allylic oxidation sites excluding steroid dienone is 2. The molecule has 1 aromatic heterocycles. The number of hydrogen-bond donors (Lipinski definition) is 2. The number of thiocarbonyl (C=S) groups is 1. The summed E-state index contributed by atoms with van der Waals surface area (Å²) >= 11 is 5.37. The molecule has 5 atom stereocenters. The zero-order valence-corrected chi connectivity index (χ0v) is 13.2. The lowest BCUT2D eigenvalue weighted by atomic mass is 9.79. The van der Waals surface area contributed by atoms with Gasteiger partial charge in [0, 0.05) is 24.0 Å². The summed E-state index contributed by atoms with van der Waals surface area (Å²) in [6.07, 6.45) is 13.9. The first-order valence-corrected chi connectivity index (χ1v) is 8.38. The summed E-state index contributed by atoms with van der Waals surface area (Å²) in [4.78, 5) is 4.05. The Balaban J connectivity index is 1.30. The molecule has 5 heteroatoms. The molecule has 2 bridgehead atoms. The van der Waals surface area contributed by atoms with E-state index in [0.717, 1.165) is 29.2 Å². The number of nitrogens with zero attached hydrogens (tertiary/aromatic N) is 2. The van der Waals surface area contributed by atoms with Crippen LogP contribution in [0.2, 0.25) is 0 Å². The van der Waals surface area contributed by atoms with Gasteiger partial charge in [-0.05, 0) is 61.2 Å². The fraction of sp³-hybridized carbons (Fsp3) is 0.471. The van der Waals surface area contributed by atoms with Gasteiger partial charge in [0.15, 0.2) is 5.11 Å². The zero-order chi connectivity index (χ0) is 14.9. The van der Waals surface area contributed by atoms with Crippen molar-refractivity contribution >= 4 is 23.5 Å². The Bertz CT molecular complexity index is 612. The van der Waals surface area contributed by atoms with Crippen molar-refractivity contribution in [3.05, 3.63) is 42.2 Å². The van der Waals surface area contributed by atoms with Gasteiger partial charge in [0.05, 0.1) is 6.21 Å². The van der Waals surface area contributed by atoms with Gasteiger partial charge in [-0.25, -0.2) is 0 Å². The Morgan fingerprint density at radius 1 is 1.36 bits per heavy atom. The van der Waals surface area contributed by atoms with E-state index in [4.69, 9.17) is 12.2 Å². The van der Waals surface area contributed by atoms with Crippen LogP contribution < -0.4 is 10.7 Å². The molecule has 2 fully saturated rings. The highest BCUT2D eigenvalue weighted by molar-refractivity contribution is 7.80. The smallest absolute Gasteiger partial charge is 0.187 e. The summed E-state index contributed by atoms with van der Waals surface area (Å²) in [7, 11) is 0. The maximum atomic E-state index is 5.37. The van der Waals surface area contributed by atoms with Crippen LogP contribution in [-0.2, 0) is 0 Å². The summed E-state index contributed by atoms with van der Waals surface area (Å²) in [5.41, 5.74) is 3.88. The molecule has 0 aromatic carbocycles. The molecule has 3 aliphatic rings. The summed E-state index contributed by atoms with van der Waals surface area (Å²) in [6.45, 7) is 0. The molecule has 0 amide bonds. The molecule has 1 heterocycles. The quantitative estimate of drug-likeness (QED) is 0.390. The second-order valence-electron chi connectivity index (χ2n) is 6.54. The third-order valence-electron chi connectivity index (χ3n) is 5.39. The van der Waals surface area contributed by atoms with Crippen molar-refractivity contribution in [3.8, 4) is 0 Å². The van der Waals surface area contributed by atoms with E-state index in [1.807, 2.05) is 12.1 Å². The van der Waals surface area contributed by atoms with Crippen molar-refractivity contribution < 1.29 is 0 Å². The van der Waals surface area contributed by atoms with Gasteiger partial charge in [-0.15, -0.1) is 0 Å². The summed E-state index contributed by atoms with van der Waals surface area (Å²) in [5, 5.41) is 8.27. The molecule has 0 aliphatic heterocycles. The minimum Gasteiger partial charge on any atom is -0.358 e. The van der Waals surface area contributed by atoms with E-state index in [-0.39, 0.29) is 0 Å². The van der Waals surface area contributed by atoms with Gasteiger partial charge < -0.3 is 5.32 Å². The number of fused-ring (bicyclic) bond motifs is 5. The van der Waals surface area contributed by atoms with E-state index in [1.54, 1.807) is 18.6 Å². The van der Waals surface area contributed by atoms with Gasteiger partial charge in [0.25, 0.3) is 0 Å². The van der Waals surface area contributed by atoms with E-state index in [2.05, 4.69) is 33.0 Å². The van der Waals surface area contributed by atoms with Crippen molar-refractivity contribution in [2.45, 2.75) is 25.3 Å². The molecule has 4 rings (SSSR count). The molecule has 2 N–H and O–H groups in total. The highest BCUT2D eigenvalue weighted by atomic mass is 32.1. The van der Waals surface area contributed by atoms with Crippen molar-refractivity contribution in [1.82, 2.24) is 15.7 Å². The molecular formula is C17H20N4S. The molecule has 1 aromatic rings. The number of pyridine rings is 1. The fourth-order valence-corrected chi connectivity index (χ4v) is 4.73. The average Bonchev–Trinajstić information content (AvgIpc) is 3.20. The Labute approximate surface area is 136 Å². The van der Waals surface area contributed by atoms with Gasteiger partial charge in [-0.1, -0.05) is 18.2 Å². The van der Waals surface area contributed by atoms with Gasteiger partial charge in [0.1, 0.15) is 0 Å². The van der Waals surface area contributed by atoms with Crippen LogP contribution in [0, 0.1) is 23.7 Å². The lowest BCUT2D eigenvalue weighted by Crippen LogP contribution is -2.45. The van der Waals surface area contributed by atoms with Gasteiger partial charge in [-0.2, -0.15) is 5.10 Å². The van der Waals surface area contributed by atoms with Crippen LogP contribution in [0.15, 0.2) is 41.8 Å². The lowest BCUT2D eigenvalue weighted by Gasteiger charge is -2.32. The summed E-state index contributed by atoms with van der Waals surface area (Å²) < 4.78 is 0. The molecule has 4 nitrogen and oxygen atoms in total. The topological polar surface area (TPSA) is 49.3 Å². The maximum absolute atomic E-state index is 5.37. The monoisotopic (exact) mass is 312 g/mol. The van der Waals surface area contributed by atoms with E-state index in [0.29, 0.717) is 11.2 Å². The maximum Gasteiger partial charge on any atom is 0.187 e. The van der Waals surface area contributed by atoms with Crippen LogP contribution >= 0.6 is 12.2 Å². The molecule has 0 unspecified atom stereocenters. The van der Waals surface area contributed by atoms with Crippen LogP contribution in [0.4, 0.5) is 0 Å². The second kappa shape index (κ2) is 5.80. The van der Waals surface area contributed by atoms with Crippen LogP contribution in [0.3, 0.4) is 0 Å². The zero-order valence-electron chi connectivity index (χ0n) is 12.4. The van der Waals surface area contributed by atoms with E-state index >= 15 is 0 Å². The normalized spacial score (nSPS) is 35.0. The highest BCUT2D eigenvalue weighted by Gasteiger charge is 2.52. The second-order valence-corrected chi connectivity index (χ2v) is 6.94. The number of rotatable bonds is 3. The summed E-state index contributed by atoms with van der Waals surface area (Å²) in [5.74, 6) is 3.31. The third-order valence-corrected chi connectivity index (χ3v) is 5.60. The molecule has 114 valence electrons. The van der Waals surface area contributed by atoms with E-state index in [9.17, 15) is 0 Å². The fourth-order valence-electron chi connectivity index (χ4n) is 4.53. The highest BCUT2D eigenvalue weighted by Crippen LogP contribution is 2.56. The van der Waals surface area contributed by atoms with Crippen LogP contribution in [0.1, 0.15) is 24.8 Å². The van der Waals surface area contributed by atoms with Crippen molar-refractivity contribution in [2.24, 2.45) is 28.8 Å². The minimum absolute atomic E-state index is 0.502. The SMILES string of the molecule is S=C(N/N=C\c1cccnc1)N[C@@H]1C[C@H]2C[C@@H]1[C@@H]1C=CC[C@@H]21. The third kappa shape index (κ3) is 2.54. The molecule has 2 saturated carbocycles. The standard InChI is InChI=1S/C17H20N4S/c22-17(21-19-10-11-3-2-6-18-9-11)20-16-8-12-7-15(16)14-5-1-4-13(12)14/h1-3,5-6,9-10,12-16H,4,7-8H2,(H2,20,21,22)/b19-10-/t12-,13+,14-,15-,16-/m1/s1. The van der Waals surface area contributed by atoms with Crippen LogP contribution in [0.5, 0.6) is 0 Å². The molecule has 0 saturated heterocycles. The number of aromatic nitrogens is 1. The minimum atomic E-state index is 0.502. The van der Waals surface area contributed by atoms with Crippen molar-refractivity contribution in [1.29, 1.82) is 0 Å². The number of hydrazone groups is 1. The Morgan fingerprint density at radius 3 is 3.18 bits per heavy atom. The van der Waals surface area contributed by atoms with Crippen LogP contribution in [-0.4, -0.2) is 22.4 Å². The molecule has 22 heavy (non-hydrogen) atoms. The van der Waals surface area contributed by atoms with Crippen LogP contribution in [0.25, 0.3) is 0 Å². The first-order valence-electron chi connectivity index (χ1n) is 7.97. The predicted octanol–water partition coefficient (Wildman–Crippen LogP) is 2.48. The van der Waals surface area contributed by atoms with Crippen molar-refractivity contribution in [3.63, 3.8) is 0 Å². The summed E-state index contributed by atoms with van der Waals surface area (Å²) in [6, 6.07) is 4.35. The predicted molar refractivity (Wildman–Crippen MR) is 91.4 cm³/mol. The molecule has 0 spiro atoms. The molecular weight excluding hydrogens is 292 g/mol. The van der Waals surface area contributed by atoms with E-state index < -0.39 is 0 Å². The van der Waals surface area contributed by atoms with E-state index in [1.165, 1.54) is 19.3 Å². The van der Waals surface area contributed by atoms with Crippen molar-refractivity contribution in [2.75, 3.05) is 0 Å². The lowest BCUT2D eigenvalue weighted by molar-refractivity contribution is 0.246. The Hall–Kier alpha value is -1.75. The molecule has 0 radical (unpaired) electrons. The van der Waals surface area contributed by atoms with Gasteiger partial charge in [0.2, 0.25) is 0 Å². The van der Waals surface area contributed by atoms with Gasteiger partial charge >= 0.3 is 0 Å². The average molecular weight is 312 g/mol. The Morgan fingerprint density at radius 2 is 2.32 bits per heavy atom.